The first kappa shape index (κ1) is 10.2. The van der Waals surface area contributed by atoms with Gasteiger partial charge in [0.05, 0.1) is 0 Å². The molecule has 0 bridgehead atoms. The average Bonchev–Trinajstić information content (AvgIpc) is 2.41. The zero-order valence-electron chi connectivity index (χ0n) is 9.05. The van der Waals surface area contributed by atoms with Crippen LogP contribution >= 0.6 is 11.3 Å². The maximum atomic E-state index is 6.23. The zero-order valence-corrected chi connectivity index (χ0v) is 9.86. The van der Waals surface area contributed by atoms with Gasteiger partial charge in [0.25, 0.3) is 0 Å². The number of aryl methyl sites for hydroxylation is 1. The lowest BCUT2D eigenvalue weighted by atomic mass is 9.80. The summed E-state index contributed by atoms with van der Waals surface area (Å²) in [5.41, 5.74) is 9.03. The first-order chi connectivity index (χ1) is 6.68. The van der Waals surface area contributed by atoms with Crippen LogP contribution in [0.4, 0.5) is 0 Å². The molecule has 1 aliphatic rings. The molecule has 1 atom stereocenters. The Hall–Kier alpha value is -0.340. The van der Waals surface area contributed by atoms with E-state index in [9.17, 15) is 0 Å². The highest BCUT2D eigenvalue weighted by Gasteiger charge is 2.22. The molecule has 0 aromatic carbocycles. The summed E-state index contributed by atoms with van der Waals surface area (Å²) >= 11 is 1.83. The lowest BCUT2D eigenvalue weighted by molar-refractivity contribution is 0.277. The van der Waals surface area contributed by atoms with Crippen molar-refractivity contribution in [2.45, 2.75) is 45.6 Å². The molecule has 0 aliphatic heterocycles. The summed E-state index contributed by atoms with van der Waals surface area (Å²) in [6.45, 7) is 4.38. The van der Waals surface area contributed by atoms with Crippen molar-refractivity contribution in [1.29, 1.82) is 0 Å². The monoisotopic (exact) mass is 209 g/mol. The number of thiophene rings is 1. The smallest absolute Gasteiger partial charge is 0.0308 e. The maximum Gasteiger partial charge on any atom is 0.0308 e. The van der Waals surface area contributed by atoms with Crippen LogP contribution in [0.5, 0.6) is 0 Å². The Kier molecular flexibility index (Phi) is 2.93. The molecule has 2 rings (SSSR count). The van der Waals surface area contributed by atoms with Gasteiger partial charge in [-0.05, 0) is 42.7 Å². The second-order valence-electron chi connectivity index (χ2n) is 4.51. The molecule has 0 radical (unpaired) electrons. The van der Waals surface area contributed by atoms with Gasteiger partial charge in [-0.1, -0.05) is 19.3 Å². The summed E-state index contributed by atoms with van der Waals surface area (Å²) in [5.74, 6) is 0.907. The molecule has 78 valence electrons. The highest BCUT2D eigenvalue weighted by atomic mass is 32.1. The second kappa shape index (κ2) is 4.03. The van der Waals surface area contributed by atoms with Gasteiger partial charge < -0.3 is 5.73 Å². The van der Waals surface area contributed by atoms with Gasteiger partial charge in [0.2, 0.25) is 0 Å². The quantitative estimate of drug-likeness (QED) is 0.809. The van der Waals surface area contributed by atoms with E-state index in [0.29, 0.717) is 0 Å². The van der Waals surface area contributed by atoms with Crippen molar-refractivity contribution in [3.63, 3.8) is 0 Å². The van der Waals surface area contributed by atoms with Gasteiger partial charge >= 0.3 is 0 Å². The third-order valence-corrected chi connectivity index (χ3v) is 4.57. The Labute approximate surface area is 90.3 Å². The SMILES string of the molecule is Cc1scc(C(N)CC2CCC2)c1C. The van der Waals surface area contributed by atoms with E-state index in [0.717, 1.165) is 5.92 Å². The minimum Gasteiger partial charge on any atom is -0.324 e. The number of rotatable bonds is 3. The predicted octanol–water partition coefficient (Wildman–Crippen LogP) is 3.55. The molecule has 0 spiro atoms. The van der Waals surface area contributed by atoms with Gasteiger partial charge in [0.1, 0.15) is 0 Å². The molecule has 1 heterocycles. The van der Waals surface area contributed by atoms with Crippen molar-refractivity contribution >= 4 is 11.3 Å². The van der Waals surface area contributed by atoms with Gasteiger partial charge in [0, 0.05) is 10.9 Å². The Morgan fingerprint density at radius 1 is 1.50 bits per heavy atom. The number of nitrogens with two attached hydrogens (primary N) is 1. The fourth-order valence-corrected chi connectivity index (χ4v) is 3.06. The molecule has 0 amide bonds. The van der Waals surface area contributed by atoms with Crippen LogP contribution in [0.2, 0.25) is 0 Å². The van der Waals surface area contributed by atoms with Gasteiger partial charge in [-0.2, -0.15) is 0 Å². The van der Waals surface area contributed by atoms with Crippen molar-refractivity contribution in [2.24, 2.45) is 11.7 Å². The van der Waals surface area contributed by atoms with Gasteiger partial charge in [-0.15, -0.1) is 11.3 Å². The standard InChI is InChI=1S/C12H19NS/c1-8-9(2)14-7-11(8)12(13)6-10-4-3-5-10/h7,10,12H,3-6,13H2,1-2H3. The molecule has 14 heavy (non-hydrogen) atoms. The minimum atomic E-state index is 0.283. The topological polar surface area (TPSA) is 26.0 Å². The molecule has 1 aromatic heterocycles. The Balaban J connectivity index is 2.02. The van der Waals surface area contributed by atoms with Crippen LogP contribution in [0.25, 0.3) is 0 Å². The molecule has 1 nitrogen and oxygen atoms in total. The molecular weight excluding hydrogens is 190 g/mol. The summed E-state index contributed by atoms with van der Waals surface area (Å²) in [5, 5.41) is 2.24. The summed E-state index contributed by atoms with van der Waals surface area (Å²) < 4.78 is 0. The molecule has 1 unspecified atom stereocenters. The minimum absolute atomic E-state index is 0.283. The van der Waals surface area contributed by atoms with Crippen LogP contribution in [-0.4, -0.2) is 0 Å². The van der Waals surface area contributed by atoms with Crippen molar-refractivity contribution in [1.82, 2.24) is 0 Å². The largest absolute Gasteiger partial charge is 0.324 e. The van der Waals surface area contributed by atoms with Crippen LogP contribution < -0.4 is 5.73 Å². The van der Waals surface area contributed by atoms with E-state index in [-0.39, 0.29) is 6.04 Å². The lowest BCUT2D eigenvalue weighted by Crippen LogP contribution is -2.20. The van der Waals surface area contributed by atoms with Crippen molar-refractivity contribution in [3.8, 4) is 0 Å². The lowest BCUT2D eigenvalue weighted by Gasteiger charge is -2.28. The third kappa shape index (κ3) is 1.86. The van der Waals surface area contributed by atoms with E-state index in [1.54, 1.807) is 0 Å². The molecule has 0 saturated heterocycles. The van der Waals surface area contributed by atoms with E-state index in [1.165, 1.54) is 41.7 Å². The summed E-state index contributed by atoms with van der Waals surface area (Å²) in [7, 11) is 0. The summed E-state index contributed by atoms with van der Waals surface area (Å²) in [6.07, 6.45) is 5.40. The zero-order chi connectivity index (χ0) is 10.1. The average molecular weight is 209 g/mol. The predicted molar refractivity (Wildman–Crippen MR) is 62.7 cm³/mol. The van der Waals surface area contributed by atoms with Gasteiger partial charge in [0.15, 0.2) is 0 Å². The second-order valence-corrected chi connectivity index (χ2v) is 5.60. The number of hydrogen-bond acceptors (Lipinski definition) is 2. The maximum absolute atomic E-state index is 6.23. The third-order valence-electron chi connectivity index (χ3n) is 3.54. The summed E-state index contributed by atoms with van der Waals surface area (Å²) in [4.78, 5) is 1.42. The van der Waals surface area contributed by atoms with Crippen LogP contribution in [0.15, 0.2) is 5.38 Å². The number of hydrogen-bond donors (Lipinski definition) is 1. The van der Waals surface area contributed by atoms with Gasteiger partial charge in [-0.3, -0.25) is 0 Å². The molecule has 2 heteroatoms. The molecular formula is C12H19NS. The fourth-order valence-electron chi connectivity index (χ4n) is 2.11. The van der Waals surface area contributed by atoms with Crippen molar-refractivity contribution in [2.75, 3.05) is 0 Å². The Morgan fingerprint density at radius 2 is 2.21 bits per heavy atom. The molecule has 1 fully saturated rings. The molecule has 1 aliphatic carbocycles. The summed E-state index contributed by atoms with van der Waals surface area (Å²) in [6, 6.07) is 0.283. The first-order valence-electron chi connectivity index (χ1n) is 5.48. The Morgan fingerprint density at radius 3 is 2.64 bits per heavy atom. The van der Waals surface area contributed by atoms with Crippen molar-refractivity contribution < 1.29 is 0 Å². The normalized spacial score (nSPS) is 19.4. The van der Waals surface area contributed by atoms with E-state index < -0.39 is 0 Å². The fraction of sp³-hybridized carbons (Fsp3) is 0.667. The highest BCUT2D eigenvalue weighted by Crippen LogP contribution is 2.36. The Bertz CT molecular complexity index is 312. The van der Waals surface area contributed by atoms with Crippen molar-refractivity contribution in [3.05, 3.63) is 21.4 Å². The van der Waals surface area contributed by atoms with E-state index in [1.807, 2.05) is 11.3 Å². The van der Waals surface area contributed by atoms with Crippen LogP contribution in [0, 0.1) is 19.8 Å². The molecule has 1 saturated carbocycles. The molecule has 1 aromatic rings. The first-order valence-corrected chi connectivity index (χ1v) is 6.36. The van der Waals surface area contributed by atoms with Crippen LogP contribution in [-0.2, 0) is 0 Å². The molecule has 2 N–H and O–H groups in total. The highest BCUT2D eigenvalue weighted by molar-refractivity contribution is 7.10. The van der Waals surface area contributed by atoms with E-state index in [4.69, 9.17) is 5.73 Å². The van der Waals surface area contributed by atoms with Gasteiger partial charge in [-0.25, -0.2) is 0 Å². The van der Waals surface area contributed by atoms with E-state index >= 15 is 0 Å². The van der Waals surface area contributed by atoms with E-state index in [2.05, 4.69) is 19.2 Å². The van der Waals surface area contributed by atoms with Crippen LogP contribution in [0.3, 0.4) is 0 Å². The van der Waals surface area contributed by atoms with Crippen LogP contribution in [0.1, 0.15) is 47.7 Å².